The molecular formula is C27H34N2O5. The lowest BCUT2D eigenvalue weighted by Crippen LogP contribution is -2.55. The van der Waals surface area contributed by atoms with Crippen LogP contribution >= 0.6 is 0 Å². The average molecular weight is 467 g/mol. The Kier molecular flexibility index (Phi) is 7.97. The molecule has 3 N–H and O–H groups in total. The van der Waals surface area contributed by atoms with Crippen molar-refractivity contribution in [1.29, 1.82) is 0 Å². The largest absolute Gasteiger partial charge is 0.481 e. The Balaban J connectivity index is 1.68. The zero-order chi connectivity index (χ0) is 24.9. The zero-order valence-corrected chi connectivity index (χ0v) is 20.3. The normalized spacial score (nSPS) is 14.5. The van der Waals surface area contributed by atoms with Gasteiger partial charge in [0.15, 0.2) is 0 Å². The standard InChI is InChI=1S/C27H34N2O5/c1-5-10-17(15-23(30)31)28-25(32)24(27(2,3)4)29-26(33)34-16-22-20-13-8-6-11-18(20)19-12-7-9-14-21(19)22/h6-9,11-14,17,22,24H,5,10,15-16H2,1-4H3,(H,28,32)(H,29,33)(H,30,31)/t17-,24-/m1/s1. The monoisotopic (exact) mass is 466 g/mol. The molecule has 2 aromatic carbocycles. The fourth-order valence-corrected chi connectivity index (χ4v) is 4.50. The topological polar surface area (TPSA) is 105 Å². The molecule has 0 heterocycles. The van der Waals surface area contributed by atoms with Gasteiger partial charge < -0.3 is 20.5 Å². The Hall–Kier alpha value is -3.35. The lowest BCUT2D eigenvalue weighted by Gasteiger charge is -2.31. The Morgan fingerprint density at radius 1 is 0.971 bits per heavy atom. The van der Waals surface area contributed by atoms with Crippen LogP contribution in [0, 0.1) is 5.41 Å². The van der Waals surface area contributed by atoms with Gasteiger partial charge in [-0.05, 0) is 34.1 Å². The van der Waals surface area contributed by atoms with Crippen LogP contribution in [-0.4, -0.2) is 41.8 Å². The lowest BCUT2D eigenvalue weighted by molar-refractivity contribution is -0.138. The molecule has 0 bridgehead atoms. The van der Waals surface area contributed by atoms with Crippen molar-refractivity contribution in [3.05, 3.63) is 59.7 Å². The van der Waals surface area contributed by atoms with Crippen LogP contribution in [-0.2, 0) is 14.3 Å². The molecule has 0 unspecified atom stereocenters. The number of aliphatic carboxylic acids is 1. The van der Waals surface area contributed by atoms with E-state index in [2.05, 4.69) is 22.8 Å². The van der Waals surface area contributed by atoms with Crippen LogP contribution in [0.5, 0.6) is 0 Å². The second-order valence-corrected chi connectivity index (χ2v) is 9.86. The van der Waals surface area contributed by atoms with Gasteiger partial charge in [0, 0.05) is 12.0 Å². The number of fused-ring (bicyclic) bond motifs is 3. The number of carboxylic acid groups (broad SMARTS) is 1. The Morgan fingerprint density at radius 2 is 1.53 bits per heavy atom. The molecule has 1 aliphatic carbocycles. The van der Waals surface area contributed by atoms with Crippen molar-refractivity contribution in [2.24, 2.45) is 5.41 Å². The third-order valence-electron chi connectivity index (χ3n) is 6.14. The van der Waals surface area contributed by atoms with Gasteiger partial charge in [0.1, 0.15) is 12.6 Å². The van der Waals surface area contributed by atoms with E-state index >= 15 is 0 Å². The van der Waals surface area contributed by atoms with Crippen LogP contribution in [0.4, 0.5) is 4.79 Å². The van der Waals surface area contributed by atoms with Crippen molar-refractivity contribution in [2.75, 3.05) is 6.61 Å². The van der Waals surface area contributed by atoms with E-state index in [0.717, 1.165) is 28.7 Å². The summed E-state index contributed by atoms with van der Waals surface area (Å²) >= 11 is 0. The van der Waals surface area contributed by atoms with Gasteiger partial charge in [-0.15, -0.1) is 0 Å². The van der Waals surface area contributed by atoms with E-state index in [0.29, 0.717) is 6.42 Å². The maximum atomic E-state index is 13.0. The predicted octanol–water partition coefficient (Wildman–Crippen LogP) is 4.70. The van der Waals surface area contributed by atoms with Gasteiger partial charge in [0.25, 0.3) is 0 Å². The lowest BCUT2D eigenvalue weighted by atomic mass is 9.86. The maximum absolute atomic E-state index is 13.0. The van der Waals surface area contributed by atoms with Crippen molar-refractivity contribution in [1.82, 2.24) is 10.6 Å². The number of rotatable bonds is 9. The second kappa shape index (κ2) is 10.7. The maximum Gasteiger partial charge on any atom is 0.407 e. The number of carbonyl (C=O) groups is 3. The highest BCUT2D eigenvalue weighted by molar-refractivity contribution is 5.87. The summed E-state index contributed by atoms with van der Waals surface area (Å²) in [6.07, 6.45) is 0.432. The Bertz CT molecular complexity index is 998. The first-order valence-electron chi connectivity index (χ1n) is 11.8. The molecule has 7 nitrogen and oxygen atoms in total. The number of alkyl carbamates (subject to hydrolysis) is 1. The van der Waals surface area contributed by atoms with Gasteiger partial charge in [0.2, 0.25) is 5.91 Å². The summed E-state index contributed by atoms with van der Waals surface area (Å²) in [6.45, 7) is 7.60. The Morgan fingerprint density at radius 3 is 2.03 bits per heavy atom. The summed E-state index contributed by atoms with van der Waals surface area (Å²) in [5.74, 6) is -1.47. The smallest absolute Gasteiger partial charge is 0.407 e. The number of carbonyl (C=O) groups excluding carboxylic acids is 2. The molecule has 182 valence electrons. The molecule has 0 aliphatic heterocycles. The molecule has 34 heavy (non-hydrogen) atoms. The van der Waals surface area contributed by atoms with E-state index < -0.39 is 35.5 Å². The van der Waals surface area contributed by atoms with Crippen molar-refractivity contribution < 1.29 is 24.2 Å². The summed E-state index contributed by atoms with van der Waals surface area (Å²) in [6, 6.07) is 14.8. The van der Waals surface area contributed by atoms with Crippen LogP contribution in [0.2, 0.25) is 0 Å². The molecule has 0 spiro atoms. The number of ether oxygens (including phenoxy) is 1. The fourth-order valence-electron chi connectivity index (χ4n) is 4.50. The molecule has 7 heteroatoms. The summed E-state index contributed by atoms with van der Waals surface area (Å²) in [5.41, 5.74) is 3.89. The number of carboxylic acids is 1. The van der Waals surface area contributed by atoms with Gasteiger partial charge in [-0.1, -0.05) is 82.6 Å². The third kappa shape index (κ3) is 5.95. The molecule has 0 saturated carbocycles. The number of hydrogen-bond acceptors (Lipinski definition) is 4. The molecule has 1 aliphatic rings. The minimum Gasteiger partial charge on any atom is -0.481 e. The summed E-state index contributed by atoms with van der Waals surface area (Å²) < 4.78 is 5.61. The van der Waals surface area contributed by atoms with E-state index in [1.807, 2.05) is 64.1 Å². The molecule has 2 atom stereocenters. The quantitative estimate of drug-likeness (QED) is 0.497. The first kappa shape index (κ1) is 25.3. The van der Waals surface area contributed by atoms with Crippen LogP contribution in [0.15, 0.2) is 48.5 Å². The van der Waals surface area contributed by atoms with Gasteiger partial charge in [0.05, 0.1) is 6.42 Å². The second-order valence-electron chi connectivity index (χ2n) is 9.86. The predicted molar refractivity (Wildman–Crippen MR) is 131 cm³/mol. The Labute approximate surface area is 200 Å². The highest BCUT2D eigenvalue weighted by Gasteiger charge is 2.35. The molecule has 3 rings (SSSR count). The zero-order valence-electron chi connectivity index (χ0n) is 20.3. The van der Waals surface area contributed by atoms with Crippen LogP contribution in [0.1, 0.15) is 64.0 Å². The van der Waals surface area contributed by atoms with E-state index in [9.17, 15) is 14.4 Å². The van der Waals surface area contributed by atoms with Crippen LogP contribution in [0.3, 0.4) is 0 Å². The summed E-state index contributed by atoms with van der Waals surface area (Å²) in [5, 5.41) is 14.6. The van der Waals surface area contributed by atoms with Crippen molar-refractivity contribution >= 4 is 18.0 Å². The molecule has 2 amide bonds. The van der Waals surface area contributed by atoms with Crippen molar-refractivity contribution in [3.63, 3.8) is 0 Å². The van der Waals surface area contributed by atoms with E-state index in [-0.39, 0.29) is 18.9 Å². The summed E-state index contributed by atoms with van der Waals surface area (Å²) in [7, 11) is 0. The molecular weight excluding hydrogens is 432 g/mol. The van der Waals surface area contributed by atoms with Crippen molar-refractivity contribution in [3.8, 4) is 11.1 Å². The van der Waals surface area contributed by atoms with Gasteiger partial charge in [-0.25, -0.2) is 4.79 Å². The minimum atomic E-state index is -0.976. The highest BCUT2D eigenvalue weighted by Crippen LogP contribution is 2.44. The highest BCUT2D eigenvalue weighted by atomic mass is 16.5. The van der Waals surface area contributed by atoms with Gasteiger partial charge >= 0.3 is 12.1 Å². The number of amides is 2. The molecule has 2 aromatic rings. The number of nitrogens with one attached hydrogen (secondary N) is 2. The number of benzene rings is 2. The SMILES string of the molecule is CCC[C@H](CC(=O)O)NC(=O)[C@@H](NC(=O)OCC1c2ccccc2-c2ccccc21)C(C)(C)C. The summed E-state index contributed by atoms with van der Waals surface area (Å²) in [4.78, 5) is 36.9. The number of hydrogen-bond donors (Lipinski definition) is 3. The molecule has 0 radical (unpaired) electrons. The van der Waals surface area contributed by atoms with Crippen LogP contribution in [0.25, 0.3) is 11.1 Å². The van der Waals surface area contributed by atoms with Gasteiger partial charge in [-0.2, -0.15) is 0 Å². The van der Waals surface area contributed by atoms with Gasteiger partial charge in [-0.3, -0.25) is 9.59 Å². The van der Waals surface area contributed by atoms with E-state index in [1.165, 1.54) is 0 Å². The average Bonchev–Trinajstić information content (AvgIpc) is 3.08. The van der Waals surface area contributed by atoms with Crippen molar-refractivity contribution in [2.45, 2.75) is 65.0 Å². The third-order valence-corrected chi connectivity index (χ3v) is 6.14. The van der Waals surface area contributed by atoms with E-state index in [1.54, 1.807) is 0 Å². The minimum absolute atomic E-state index is 0.0791. The first-order valence-corrected chi connectivity index (χ1v) is 11.8. The molecule has 0 fully saturated rings. The first-order chi connectivity index (χ1) is 16.1. The molecule has 0 aromatic heterocycles. The van der Waals surface area contributed by atoms with Crippen LogP contribution < -0.4 is 10.6 Å². The fraction of sp³-hybridized carbons (Fsp3) is 0.444. The molecule has 0 saturated heterocycles. The van der Waals surface area contributed by atoms with E-state index in [4.69, 9.17) is 9.84 Å².